The number of thioether (sulfide) groups is 1. The van der Waals surface area contributed by atoms with Crippen LogP contribution in [0, 0.1) is 0 Å². The van der Waals surface area contributed by atoms with Gasteiger partial charge in [-0.05, 0) is 0 Å². The second kappa shape index (κ2) is 3.88. The highest BCUT2D eigenvalue weighted by Gasteiger charge is 2.00. The molecule has 0 aromatic heterocycles. The summed E-state index contributed by atoms with van der Waals surface area (Å²) in [5.41, 5.74) is 0. The van der Waals surface area contributed by atoms with Crippen molar-refractivity contribution in [1.29, 1.82) is 0 Å². The van der Waals surface area contributed by atoms with Gasteiger partial charge in [-0.1, -0.05) is 37.0 Å². The summed E-state index contributed by atoms with van der Waals surface area (Å²) in [6.45, 7) is 4.12. The van der Waals surface area contributed by atoms with E-state index in [1.165, 1.54) is 0 Å². The fourth-order valence-corrected chi connectivity index (χ4v) is 1.85. The molecule has 7 heavy (non-hydrogen) atoms. The highest BCUT2D eigenvalue weighted by molar-refractivity contribution is 8.02. The maximum atomic E-state index is 5.40. The Balaban J connectivity index is 2.95. The average Bonchev–Trinajstić information content (AvgIpc) is 1.27. The molecule has 0 bridgehead atoms. The van der Waals surface area contributed by atoms with E-state index in [9.17, 15) is 0 Å². The zero-order valence-electron chi connectivity index (χ0n) is 4.32. The summed E-state index contributed by atoms with van der Waals surface area (Å²) < 4.78 is -0.264. The molecule has 0 N–H and O–H groups in total. The van der Waals surface area contributed by atoms with Gasteiger partial charge in [0.25, 0.3) is 0 Å². The number of halogens is 2. The summed E-state index contributed by atoms with van der Waals surface area (Å²) in [6.07, 6.45) is 0. The molecule has 0 saturated carbocycles. The molecular formula is C4H8Cl2S. The summed E-state index contributed by atoms with van der Waals surface area (Å²) in [5.74, 6) is 0. The first-order chi connectivity index (χ1) is 3.13. The fourth-order valence-electron chi connectivity index (χ4n) is 0.206. The Morgan fingerprint density at radius 3 is 1.71 bits per heavy atom. The molecule has 0 nitrogen and oxygen atoms in total. The van der Waals surface area contributed by atoms with E-state index in [-0.39, 0.29) is 4.17 Å². The highest BCUT2D eigenvalue weighted by Crippen LogP contribution is 2.23. The fraction of sp³-hybridized carbons (Fsp3) is 1.00. The largest absolute Gasteiger partial charge is 0.153 e. The third-order valence-corrected chi connectivity index (χ3v) is 1.74. The van der Waals surface area contributed by atoms with Gasteiger partial charge in [0.15, 0.2) is 4.17 Å². The molecular weight excluding hydrogens is 151 g/mol. The van der Waals surface area contributed by atoms with E-state index in [1.807, 2.05) is 0 Å². The third-order valence-electron chi connectivity index (χ3n) is 0.375. The van der Waals surface area contributed by atoms with Crippen molar-refractivity contribution in [2.45, 2.75) is 23.3 Å². The van der Waals surface area contributed by atoms with Crippen molar-refractivity contribution in [2.24, 2.45) is 0 Å². The van der Waals surface area contributed by atoms with Crippen LogP contribution in [0.15, 0.2) is 0 Å². The second-order valence-electron chi connectivity index (χ2n) is 1.45. The van der Waals surface area contributed by atoms with Crippen LogP contribution in [0.5, 0.6) is 0 Å². The molecule has 0 atom stereocenters. The van der Waals surface area contributed by atoms with Crippen LogP contribution < -0.4 is 0 Å². The molecule has 0 aliphatic rings. The molecule has 0 heterocycles. The van der Waals surface area contributed by atoms with Crippen LogP contribution in [0.4, 0.5) is 0 Å². The van der Waals surface area contributed by atoms with Crippen molar-refractivity contribution >= 4 is 35.0 Å². The van der Waals surface area contributed by atoms with Gasteiger partial charge in [0.2, 0.25) is 0 Å². The molecule has 0 amide bonds. The topological polar surface area (TPSA) is 0 Å². The first-order valence-corrected chi connectivity index (χ1v) is 3.88. The van der Waals surface area contributed by atoms with E-state index < -0.39 is 0 Å². The number of rotatable bonds is 2. The first kappa shape index (κ1) is 7.93. The van der Waals surface area contributed by atoms with Crippen LogP contribution in [0.2, 0.25) is 0 Å². The van der Waals surface area contributed by atoms with Crippen molar-refractivity contribution < 1.29 is 0 Å². The van der Waals surface area contributed by atoms with Gasteiger partial charge >= 0.3 is 0 Å². The molecule has 0 aliphatic carbocycles. The van der Waals surface area contributed by atoms with Gasteiger partial charge in [0.1, 0.15) is 0 Å². The quantitative estimate of drug-likeness (QED) is 0.558. The van der Waals surface area contributed by atoms with Crippen LogP contribution in [-0.2, 0) is 0 Å². The van der Waals surface area contributed by atoms with Gasteiger partial charge in [0.05, 0.1) is 0 Å². The van der Waals surface area contributed by atoms with E-state index in [4.69, 9.17) is 23.2 Å². The van der Waals surface area contributed by atoms with Crippen LogP contribution in [-0.4, -0.2) is 9.42 Å². The molecule has 0 saturated heterocycles. The Morgan fingerprint density at radius 1 is 1.29 bits per heavy atom. The maximum Gasteiger partial charge on any atom is 0.153 e. The molecule has 0 aromatic carbocycles. The zero-order valence-corrected chi connectivity index (χ0v) is 6.65. The van der Waals surface area contributed by atoms with Crippen molar-refractivity contribution in [3.8, 4) is 0 Å². The Bertz CT molecular complexity index is 39.0. The molecule has 0 rings (SSSR count). The summed E-state index contributed by atoms with van der Waals surface area (Å²) in [6, 6.07) is 0. The predicted molar refractivity (Wildman–Crippen MR) is 38.2 cm³/mol. The Hall–Kier alpha value is 0.930. The van der Waals surface area contributed by atoms with E-state index in [2.05, 4.69) is 13.8 Å². The number of alkyl halides is 2. The standard InChI is InChI=1S/C4H8Cl2S/c1-3(2)7-4(5)6/h3-4H,1-2H3. The zero-order chi connectivity index (χ0) is 5.86. The minimum atomic E-state index is -0.264. The molecule has 0 fully saturated rings. The van der Waals surface area contributed by atoms with Crippen molar-refractivity contribution in [1.82, 2.24) is 0 Å². The van der Waals surface area contributed by atoms with Crippen LogP contribution >= 0.6 is 35.0 Å². The summed E-state index contributed by atoms with van der Waals surface area (Å²) in [7, 11) is 0. The number of hydrogen-bond acceptors (Lipinski definition) is 1. The van der Waals surface area contributed by atoms with Crippen LogP contribution in [0.1, 0.15) is 13.8 Å². The minimum Gasteiger partial charge on any atom is -0.124 e. The third kappa shape index (κ3) is 6.93. The maximum absolute atomic E-state index is 5.40. The normalized spacial score (nSPS) is 11.1. The predicted octanol–water partition coefficient (Wildman–Crippen LogP) is 2.89. The Morgan fingerprint density at radius 2 is 1.71 bits per heavy atom. The van der Waals surface area contributed by atoms with Gasteiger partial charge in [-0.25, -0.2) is 0 Å². The van der Waals surface area contributed by atoms with E-state index >= 15 is 0 Å². The smallest absolute Gasteiger partial charge is 0.124 e. The van der Waals surface area contributed by atoms with E-state index in [0.29, 0.717) is 5.25 Å². The van der Waals surface area contributed by atoms with Crippen LogP contribution in [0.3, 0.4) is 0 Å². The monoisotopic (exact) mass is 158 g/mol. The lowest BCUT2D eigenvalue weighted by Gasteiger charge is -2.01. The van der Waals surface area contributed by atoms with Crippen molar-refractivity contribution in [2.75, 3.05) is 0 Å². The lowest BCUT2D eigenvalue weighted by atomic mass is 10.6. The lowest BCUT2D eigenvalue weighted by molar-refractivity contribution is 1.11. The lowest BCUT2D eigenvalue weighted by Crippen LogP contribution is -1.89. The van der Waals surface area contributed by atoms with Gasteiger partial charge in [0, 0.05) is 5.25 Å². The molecule has 0 radical (unpaired) electrons. The molecule has 44 valence electrons. The molecule has 0 aromatic rings. The highest BCUT2D eigenvalue weighted by atomic mass is 35.5. The summed E-state index contributed by atoms with van der Waals surface area (Å²) >= 11 is 12.3. The Kier molecular flexibility index (Phi) is 4.39. The minimum absolute atomic E-state index is 0.264. The summed E-state index contributed by atoms with van der Waals surface area (Å²) in [4.78, 5) is 0. The SMILES string of the molecule is CC(C)SC(Cl)Cl. The van der Waals surface area contributed by atoms with E-state index in [1.54, 1.807) is 11.8 Å². The van der Waals surface area contributed by atoms with Crippen LogP contribution in [0.25, 0.3) is 0 Å². The first-order valence-electron chi connectivity index (χ1n) is 2.06. The van der Waals surface area contributed by atoms with Crippen molar-refractivity contribution in [3.05, 3.63) is 0 Å². The molecule has 0 spiro atoms. The van der Waals surface area contributed by atoms with Gasteiger partial charge in [-0.3, -0.25) is 0 Å². The number of hydrogen-bond donors (Lipinski definition) is 0. The average molecular weight is 159 g/mol. The van der Waals surface area contributed by atoms with Gasteiger partial charge in [-0.2, -0.15) is 0 Å². The molecule has 0 unspecified atom stereocenters. The van der Waals surface area contributed by atoms with Crippen molar-refractivity contribution in [3.63, 3.8) is 0 Å². The Labute approximate surface area is 58.6 Å². The molecule has 3 heteroatoms. The van der Waals surface area contributed by atoms with Gasteiger partial charge in [-0.15, -0.1) is 11.8 Å². The second-order valence-corrected chi connectivity index (χ2v) is 4.75. The molecule has 0 aliphatic heterocycles. The summed E-state index contributed by atoms with van der Waals surface area (Å²) in [5, 5.41) is 0.528. The van der Waals surface area contributed by atoms with Gasteiger partial charge < -0.3 is 0 Å². The van der Waals surface area contributed by atoms with E-state index in [0.717, 1.165) is 0 Å².